The summed E-state index contributed by atoms with van der Waals surface area (Å²) in [5.41, 5.74) is 0.981. The fourth-order valence-corrected chi connectivity index (χ4v) is 2.94. The number of nitrogens with zero attached hydrogens (tertiary/aromatic N) is 2. The number of ketones is 1. The van der Waals surface area contributed by atoms with Gasteiger partial charge < -0.3 is 5.32 Å². The van der Waals surface area contributed by atoms with Crippen LogP contribution in [0.25, 0.3) is 0 Å². The van der Waals surface area contributed by atoms with Crippen molar-refractivity contribution in [3.63, 3.8) is 0 Å². The van der Waals surface area contributed by atoms with Crippen LogP contribution in [0.3, 0.4) is 0 Å². The second kappa shape index (κ2) is 6.51. The molecule has 0 atom stereocenters. The Balaban J connectivity index is 1.92. The van der Waals surface area contributed by atoms with Crippen LogP contribution in [0.15, 0.2) is 34.7 Å². The fraction of sp³-hybridized carbons (Fsp3) is 0.250. The van der Waals surface area contributed by atoms with E-state index in [1.807, 2.05) is 37.3 Å². The minimum absolute atomic E-state index is 0.229. The summed E-state index contributed by atoms with van der Waals surface area (Å²) in [5, 5.41) is 12.0. The lowest BCUT2D eigenvalue weighted by molar-refractivity contribution is -0.116. The maximum absolute atomic E-state index is 11.2. The zero-order valence-electron chi connectivity index (χ0n) is 9.92. The molecule has 1 N–H and O–H groups in total. The molecule has 0 spiro atoms. The molecule has 18 heavy (non-hydrogen) atoms. The second-order valence-electron chi connectivity index (χ2n) is 3.55. The first-order valence-corrected chi connectivity index (χ1v) is 7.38. The number of carbonyl (C=O) groups is 1. The van der Waals surface area contributed by atoms with E-state index in [4.69, 9.17) is 0 Å². The normalized spacial score (nSPS) is 10.3. The monoisotopic (exact) mass is 279 g/mol. The second-order valence-corrected chi connectivity index (χ2v) is 5.75. The Bertz CT molecular complexity index is 513. The molecule has 6 heteroatoms. The third-order valence-corrected chi connectivity index (χ3v) is 4.21. The van der Waals surface area contributed by atoms with Crippen LogP contribution in [0.2, 0.25) is 0 Å². The van der Waals surface area contributed by atoms with Gasteiger partial charge >= 0.3 is 0 Å². The molecule has 0 aliphatic carbocycles. The summed E-state index contributed by atoms with van der Waals surface area (Å²) in [6.45, 7) is 1.87. The number of thioether (sulfide) groups is 1. The average Bonchev–Trinajstić information content (AvgIpc) is 2.85. The Hall–Kier alpha value is -1.40. The Labute approximate surface area is 114 Å². The third kappa shape index (κ3) is 3.82. The van der Waals surface area contributed by atoms with E-state index < -0.39 is 0 Å². The van der Waals surface area contributed by atoms with Gasteiger partial charge in [-0.2, -0.15) is 0 Å². The highest BCUT2D eigenvalue weighted by molar-refractivity contribution is 8.01. The molecule has 94 valence electrons. The van der Waals surface area contributed by atoms with Gasteiger partial charge in [0.05, 0.1) is 5.75 Å². The molecule has 0 aliphatic heterocycles. The van der Waals surface area contributed by atoms with Gasteiger partial charge in [0.2, 0.25) is 5.13 Å². The molecule has 0 fully saturated rings. The number of rotatable bonds is 6. The standard InChI is InChI=1S/C12H13N3OS2/c1-2-10(16)8-17-12-15-14-11(18-12)13-9-6-4-3-5-7-9/h3-7H,2,8H2,1H3,(H,13,14). The van der Waals surface area contributed by atoms with Crippen molar-refractivity contribution in [2.24, 2.45) is 0 Å². The first kappa shape index (κ1) is 13.0. The Morgan fingerprint density at radius 2 is 2.11 bits per heavy atom. The van der Waals surface area contributed by atoms with Crippen LogP contribution in [0.1, 0.15) is 13.3 Å². The van der Waals surface area contributed by atoms with E-state index in [2.05, 4.69) is 15.5 Å². The summed E-state index contributed by atoms with van der Waals surface area (Å²) in [6.07, 6.45) is 0.570. The molecule has 0 aliphatic rings. The summed E-state index contributed by atoms with van der Waals surface area (Å²) in [5.74, 6) is 0.698. The maximum atomic E-state index is 11.2. The highest BCUT2D eigenvalue weighted by atomic mass is 32.2. The van der Waals surface area contributed by atoms with Crippen LogP contribution in [-0.4, -0.2) is 21.7 Å². The zero-order chi connectivity index (χ0) is 12.8. The molecule has 0 saturated carbocycles. The molecule has 0 unspecified atom stereocenters. The molecule has 1 heterocycles. The predicted octanol–water partition coefficient (Wildman–Crippen LogP) is 3.35. The Morgan fingerprint density at radius 3 is 2.83 bits per heavy atom. The van der Waals surface area contributed by atoms with Gasteiger partial charge in [-0.3, -0.25) is 4.79 Å². The molecule has 2 aromatic rings. The van der Waals surface area contributed by atoms with Crippen LogP contribution in [-0.2, 0) is 4.79 Å². The number of Topliss-reactive ketones (excluding diaryl/α,β-unsaturated/α-hetero) is 1. The molecular weight excluding hydrogens is 266 g/mol. The van der Waals surface area contributed by atoms with Crippen LogP contribution >= 0.6 is 23.1 Å². The number of para-hydroxylation sites is 1. The minimum atomic E-state index is 0.229. The Kier molecular flexibility index (Phi) is 4.72. The van der Waals surface area contributed by atoms with E-state index in [9.17, 15) is 4.79 Å². The highest BCUT2D eigenvalue weighted by Gasteiger charge is 2.07. The molecule has 1 aromatic carbocycles. The van der Waals surface area contributed by atoms with Crippen LogP contribution in [0.5, 0.6) is 0 Å². The van der Waals surface area contributed by atoms with Crippen molar-refractivity contribution >= 4 is 39.7 Å². The fourth-order valence-electron chi connectivity index (χ4n) is 1.21. The largest absolute Gasteiger partial charge is 0.330 e. The molecule has 2 rings (SSSR count). The van der Waals surface area contributed by atoms with Crippen molar-refractivity contribution in [1.29, 1.82) is 0 Å². The molecule has 4 nitrogen and oxygen atoms in total. The van der Waals surface area contributed by atoms with Crippen LogP contribution < -0.4 is 5.32 Å². The number of carbonyl (C=O) groups excluding carboxylic acids is 1. The van der Waals surface area contributed by atoms with Gasteiger partial charge in [-0.15, -0.1) is 10.2 Å². The van der Waals surface area contributed by atoms with Crippen LogP contribution in [0.4, 0.5) is 10.8 Å². The van der Waals surface area contributed by atoms with E-state index >= 15 is 0 Å². The summed E-state index contributed by atoms with van der Waals surface area (Å²) >= 11 is 2.90. The smallest absolute Gasteiger partial charge is 0.210 e. The zero-order valence-corrected chi connectivity index (χ0v) is 11.6. The number of hydrogen-bond donors (Lipinski definition) is 1. The topological polar surface area (TPSA) is 54.9 Å². The molecular formula is C12H13N3OS2. The van der Waals surface area contributed by atoms with Crippen molar-refractivity contribution in [2.45, 2.75) is 17.7 Å². The van der Waals surface area contributed by atoms with Gasteiger partial charge in [-0.25, -0.2) is 0 Å². The maximum Gasteiger partial charge on any atom is 0.210 e. The highest BCUT2D eigenvalue weighted by Crippen LogP contribution is 2.27. The molecule has 0 saturated heterocycles. The number of aromatic nitrogens is 2. The minimum Gasteiger partial charge on any atom is -0.330 e. The first-order valence-electron chi connectivity index (χ1n) is 5.58. The van der Waals surface area contributed by atoms with E-state index in [1.165, 1.54) is 23.1 Å². The number of hydrogen-bond acceptors (Lipinski definition) is 6. The SMILES string of the molecule is CCC(=O)CSc1nnc(Nc2ccccc2)s1. The average molecular weight is 279 g/mol. The summed E-state index contributed by atoms with van der Waals surface area (Å²) in [6, 6.07) is 9.81. The van der Waals surface area contributed by atoms with Gasteiger partial charge in [0.15, 0.2) is 4.34 Å². The third-order valence-electron chi connectivity index (χ3n) is 2.18. The predicted molar refractivity (Wildman–Crippen MR) is 75.7 cm³/mol. The summed E-state index contributed by atoms with van der Waals surface area (Å²) in [4.78, 5) is 11.2. The van der Waals surface area contributed by atoms with Crippen molar-refractivity contribution in [3.05, 3.63) is 30.3 Å². The molecule has 0 bridgehead atoms. The summed E-state index contributed by atoms with van der Waals surface area (Å²) in [7, 11) is 0. The van der Waals surface area contributed by atoms with Gasteiger partial charge in [0, 0.05) is 12.1 Å². The van der Waals surface area contributed by atoms with E-state index in [0.29, 0.717) is 12.2 Å². The number of benzene rings is 1. The van der Waals surface area contributed by atoms with Crippen molar-refractivity contribution in [1.82, 2.24) is 10.2 Å². The summed E-state index contributed by atoms with van der Waals surface area (Å²) < 4.78 is 0.815. The van der Waals surface area contributed by atoms with Gasteiger partial charge in [0.1, 0.15) is 5.78 Å². The molecule has 0 radical (unpaired) electrons. The lowest BCUT2D eigenvalue weighted by atomic mass is 10.3. The molecule has 0 amide bonds. The van der Waals surface area contributed by atoms with E-state index in [1.54, 1.807) is 0 Å². The number of nitrogens with one attached hydrogen (secondary N) is 1. The van der Waals surface area contributed by atoms with Gasteiger partial charge in [-0.1, -0.05) is 48.2 Å². The van der Waals surface area contributed by atoms with Gasteiger partial charge in [-0.05, 0) is 12.1 Å². The van der Waals surface area contributed by atoms with Crippen molar-refractivity contribution < 1.29 is 4.79 Å². The van der Waals surface area contributed by atoms with Gasteiger partial charge in [0.25, 0.3) is 0 Å². The first-order chi connectivity index (χ1) is 8.78. The number of anilines is 2. The van der Waals surface area contributed by atoms with Crippen LogP contribution in [0, 0.1) is 0 Å². The Morgan fingerprint density at radius 1 is 1.33 bits per heavy atom. The lowest BCUT2D eigenvalue weighted by Crippen LogP contribution is -1.97. The van der Waals surface area contributed by atoms with Crippen molar-refractivity contribution in [2.75, 3.05) is 11.1 Å². The quantitative estimate of drug-likeness (QED) is 0.822. The lowest BCUT2D eigenvalue weighted by Gasteiger charge is -1.99. The molecule has 1 aromatic heterocycles. The van der Waals surface area contributed by atoms with Crippen molar-refractivity contribution in [3.8, 4) is 0 Å². The van der Waals surface area contributed by atoms with E-state index in [-0.39, 0.29) is 5.78 Å². The van der Waals surface area contributed by atoms with E-state index in [0.717, 1.165) is 15.2 Å².